The van der Waals surface area contributed by atoms with Crippen LogP contribution in [0.25, 0.3) is 11.3 Å². The molecule has 2 nitrogen and oxygen atoms in total. The lowest BCUT2D eigenvalue weighted by atomic mass is 9.78. The van der Waals surface area contributed by atoms with Crippen molar-refractivity contribution in [2.45, 2.75) is 45.7 Å². The molecular weight excluding hydrogens is 276 g/mol. The van der Waals surface area contributed by atoms with Crippen molar-refractivity contribution in [1.29, 1.82) is 0 Å². The quantitative estimate of drug-likeness (QED) is 0.883. The zero-order valence-electron chi connectivity index (χ0n) is 12.9. The fraction of sp³-hybridized carbons (Fsp3) is 0.500. The Morgan fingerprint density at radius 2 is 2.00 bits per heavy atom. The second-order valence-corrected chi connectivity index (χ2v) is 7.19. The average Bonchev–Trinajstić information content (AvgIpc) is 2.99. The Balaban J connectivity index is 1.60. The van der Waals surface area contributed by atoms with E-state index in [1.807, 2.05) is 6.07 Å². The van der Waals surface area contributed by atoms with Crippen LogP contribution in [-0.2, 0) is 6.54 Å². The van der Waals surface area contributed by atoms with Gasteiger partial charge in [0.15, 0.2) is 0 Å². The third kappa shape index (κ3) is 3.53. The summed E-state index contributed by atoms with van der Waals surface area (Å²) in [5.41, 5.74) is 2.31. The highest BCUT2D eigenvalue weighted by atomic mass is 32.1. The van der Waals surface area contributed by atoms with Gasteiger partial charge in [0.1, 0.15) is 5.01 Å². The van der Waals surface area contributed by atoms with Crippen molar-refractivity contribution in [2.24, 2.45) is 11.8 Å². The van der Waals surface area contributed by atoms with Crippen molar-refractivity contribution >= 4 is 11.3 Å². The van der Waals surface area contributed by atoms with Crippen LogP contribution < -0.4 is 5.32 Å². The number of nitrogens with zero attached hydrogens (tertiary/aromatic N) is 1. The Morgan fingerprint density at radius 3 is 2.81 bits per heavy atom. The number of benzene rings is 1. The predicted octanol–water partition coefficient (Wildman–Crippen LogP) is 4.72. The summed E-state index contributed by atoms with van der Waals surface area (Å²) in [7, 11) is 0. The van der Waals surface area contributed by atoms with E-state index in [-0.39, 0.29) is 0 Å². The lowest BCUT2D eigenvalue weighted by Gasteiger charge is -2.34. The number of nitrogens with one attached hydrogen (secondary N) is 1. The van der Waals surface area contributed by atoms with Crippen LogP contribution in [0.1, 0.15) is 38.1 Å². The molecule has 0 saturated heterocycles. The Labute approximate surface area is 131 Å². The van der Waals surface area contributed by atoms with Crippen LogP contribution in [0.5, 0.6) is 0 Å². The van der Waals surface area contributed by atoms with Crippen molar-refractivity contribution in [3.63, 3.8) is 0 Å². The van der Waals surface area contributed by atoms with Gasteiger partial charge in [0.25, 0.3) is 0 Å². The number of hydrogen-bond acceptors (Lipinski definition) is 3. The van der Waals surface area contributed by atoms with Crippen LogP contribution in [0.2, 0.25) is 0 Å². The van der Waals surface area contributed by atoms with Gasteiger partial charge in [0.2, 0.25) is 0 Å². The molecule has 3 atom stereocenters. The van der Waals surface area contributed by atoms with Crippen LogP contribution in [0.3, 0.4) is 0 Å². The van der Waals surface area contributed by atoms with Gasteiger partial charge in [0.05, 0.1) is 5.69 Å². The molecule has 0 amide bonds. The molecule has 1 aliphatic rings. The summed E-state index contributed by atoms with van der Waals surface area (Å²) in [4.78, 5) is 4.76. The standard InChI is InChI=1S/C18H24N2S/c1-13-7-6-10-16(14(13)2)19-11-18-20-17(12-21-18)15-8-4-3-5-9-15/h3-5,8-9,12-14,16,19H,6-7,10-11H2,1-2H3. The Hall–Kier alpha value is -1.19. The topological polar surface area (TPSA) is 24.9 Å². The minimum atomic E-state index is 0.651. The number of thiazole rings is 1. The molecule has 112 valence electrons. The van der Waals surface area contributed by atoms with Crippen molar-refractivity contribution < 1.29 is 0 Å². The molecule has 1 saturated carbocycles. The average molecular weight is 300 g/mol. The fourth-order valence-electron chi connectivity index (χ4n) is 3.22. The predicted molar refractivity (Wildman–Crippen MR) is 90.4 cm³/mol. The molecule has 3 heteroatoms. The molecule has 0 bridgehead atoms. The molecule has 3 unspecified atom stereocenters. The van der Waals surface area contributed by atoms with Crippen molar-refractivity contribution in [2.75, 3.05) is 0 Å². The maximum absolute atomic E-state index is 4.76. The summed E-state index contributed by atoms with van der Waals surface area (Å²) in [5, 5.41) is 7.09. The van der Waals surface area contributed by atoms with Crippen LogP contribution in [0.4, 0.5) is 0 Å². The van der Waals surface area contributed by atoms with Crippen LogP contribution in [0, 0.1) is 11.8 Å². The Bertz CT molecular complexity index is 564. The van der Waals surface area contributed by atoms with Gasteiger partial charge in [-0.15, -0.1) is 11.3 Å². The van der Waals surface area contributed by atoms with E-state index in [2.05, 4.69) is 48.8 Å². The summed E-state index contributed by atoms with van der Waals surface area (Å²) in [6.07, 6.45) is 4.05. The Morgan fingerprint density at radius 1 is 1.19 bits per heavy atom. The van der Waals surface area contributed by atoms with Crippen LogP contribution in [-0.4, -0.2) is 11.0 Å². The summed E-state index contributed by atoms with van der Waals surface area (Å²) in [5.74, 6) is 1.61. The third-order valence-corrected chi connectivity index (χ3v) is 5.69. The first-order valence-corrected chi connectivity index (χ1v) is 8.85. The van der Waals surface area contributed by atoms with E-state index in [0.717, 1.165) is 24.1 Å². The number of aromatic nitrogens is 1. The molecular formula is C18H24N2S. The molecule has 1 N–H and O–H groups in total. The lowest BCUT2D eigenvalue weighted by Crippen LogP contribution is -2.40. The zero-order chi connectivity index (χ0) is 14.7. The largest absolute Gasteiger partial charge is 0.307 e. The van der Waals surface area contributed by atoms with Gasteiger partial charge in [-0.3, -0.25) is 0 Å². The summed E-state index contributed by atoms with van der Waals surface area (Å²) < 4.78 is 0. The van der Waals surface area contributed by atoms with Gasteiger partial charge in [-0.2, -0.15) is 0 Å². The van der Waals surface area contributed by atoms with Crippen molar-refractivity contribution in [3.8, 4) is 11.3 Å². The first kappa shape index (κ1) is 14.7. The molecule has 1 aliphatic carbocycles. The monoisotopic (exact) mass is 300 g/mol. The van der Waals surface area contributed by atoms with Crippen LogP contribution >= 0.6 is 11.3 Å². The van der Waals surface area contributed by atoms with Crippen molar-refractivity contribution in [3.05, 3.63) is 40.7 Å². The molecule has 1 fully saturated rings. The highest BCUT2D eigenvalue weighted by Crippen LogP contribution is 2.30. The molecule has 3 rings (SSSR count). The number of hydrogen-bond donors (Lipinski definition) is 1. The minimum Gasteiger partial charge on any atom is -0.307 e. The van der Waals surface area contributed by atoms with E-state index >= 15 is 0 Å². The van der Waals surface area contributed by atoms with Gasteiger partial charge in [-0.25, -0.2) is 4.98 Å². The molecule has 0 spiro atoms. The van der Waals surface area contributed by atoms with E-state index in [4.69, 9.17) is 4.98 Å². The van der Waals surface area contributed by atoms with Gasteiger partial charge in [-0.1, -0.05) is 57.0 Å². The van der Waals surface area contributed by atoms with Crippen LogP contribution in [0.15, 0.2) is 35.7 Å². The highest BCUT2D eigenvalue weighted by Gasteiger charge is 2.26. The summed E-state index contributed by atoms with van der Waals surface area (Å²) in [6.45, 7) is 5.67. The smallest absolute Gasteiger partial charge is 0.107 e. The van der Waals surface area contributed by atoms with E-state index in [0.29, 0.717) is 6.04 Å². The molecule has 1 aromatic heterocycles. The second kappa shape index (κ2) is 6.71. The highest BCUT2D eigenvalue weighted by molar-refractivity contribution is 7.09. The van der Waals surface area contributed by atoms with Gasteiger partial charge in [0, 0.05) is 23.5 Å². The van der Waals surface area contributed by atoms with Crippen molar-refractivity contribution in [1.82, 2.24) is 10.3 Å². The fourth-order valence-corrected chi connectivity index (χ4v) is 3.98. The maximum atomic E-state index is 4.76. The summed E-state index contributed by atoms with van der Waals surface area (Å²) in [6, 6.07) is 11.1. The molecule has 1 aromatic carbocycles. The molecule has 21 heavy (non-hydrogen) atoms. The third-order valence-electron chi connectivity index (χ3n) is 4.84. The molecule has 1 heterocycles. The van der Waals surface area contributed by atoms with E-state index in [1.165, 1.54) is 29.8 Å². The second-order valence-electron chi connectivity index (χ2n) is 6.25. The molecule has 0 radical (unpaired) electrons. The number of rotatable bonds is 4. The lowest BCUT2D eigenvalue weighted by molar-refractivity contribution is 0.206. The van der Waals surface area contributed by atoms with E-state index in [1.54, 1.807) is 11.3 Å². The molecule has 0 aliphatic heterocycles. The minimum absolute atomic E-state index is 0.651. The maximum Gasteiger partial charge on any atom is 0.107 e. The zero-order valence-corrected chi connectivity index (χ0v) is 13.7. The van der Waals surface area contributed by atoms with E-state index in [9.17, 15) is 0 Å². The normalized spacial score (nSPS) is 25.9. The first-order chi connectivity index (χ1) is 10.2. The van der Waals surface area contributed by atoms with Gasteiger partial charge in [-0.05, 0) is 18.3 Å². The van der Waals surface area contributed by atoms with Gasteiger partial charge < -0.3 is 5.32 Å². The first-order valence-electron chi connectivity index (χ1n) is 7.97. The van der Waals surface area contributed by atoms with E-state index < -0.39 is 0 Å². The molecule has 2 aromatic rings. The summed E-state index contributed by atoms with van der Waals surface area (Å²) >= 11 is 1.76. The Kier molecular flexibility index (Phi) is 4.71. The van der Waals surface area contributed by atoms with Gasteiger partial charge >= 0.3 is 0 Å². The SMILES string of the molecule is CC1CCCC(NCc2nc(-c3ccccc3)cs2)C1C.